The van der Waals surface area contributed by atoms with Crippen molar-refractivity contribution in [3.05, 3.63) is 24.0 Å². The van der Waals surface area contributed by atoms with Crippen LogP contribution in [0.4, 0.5) is 0 Å². The number of rotatable bonds is 5. The lowest BCUT2D eigenvalue weighted by molar-refractivity contribution is -0.400. The highest BCUT2D eigenvalue weighted by molar-refractivity contribution is 5.87. The van der Waals surface area contributed by atoms with Gasteiger partial charge in [-0.3, -0.25) is 9.59 Å². The highest BCUT2D eigenvalue weighted by Gasteiger charge is 2.86. The number of fused-ring (bicyclic) bond motifs is 2. The van der Waals surface area contributed by atoms with Gasteiger partial charge in [0.25, 0.3) is 0 Å². The summed E-state index contributed by atoms with van der Waals surface area (Å²) in [5.41, 5.74) is -2.00. The third-order valence-electron chi connectivity index (χ3n) is 10.5. The third-order valence-corrected chi connectivity index (χ3v) is 10.5. The quantitative estimate of drug-likeness (QED) is 0.220. The van der Waals surface area contributed by atoms with Gasteiger partial charge in [-0.1, -0.05) is 19.9 Å². The van der Waals surface area contributed by atoms with Gasteiger partial charge in [-0.05, 0) is 38.7 Å². The van der Waals surface area contributed by atoms with E-state index < -0.39 is 64.9 Å². The summed E-state index contributed by atoms with van der Waals surface area (Å²) in [6, 6.07) is 0. The first-order valence-electron chi connectivity index (χ1n) is 13.9. The van der Waals surface area contributed by atoms with Gasteiger partial charge in [-0.15, -0.1) is 0 Å². The molecule has 2 spiro atoms. The van der Waals surface area contributed by atoms with E-state index in [0.717, 1.165) is 6.42 Å². The first-order valence-corrected chi connectivity index (χ1v) is 13.9. The van der Waals surface area contributed by atoms with Gasteiger partial charge in [-0.25, -0.2) is 4.79 Å². The molecule has 0 unspecified atom stereocenters. The highest BCUT2D eigenvalue weighted by atomic mass is 16.7. The Morgan fingerprint density at radius 1 is 1.03 bits per heavy atom. The Kier molecular flexibility index (Phi) is 6.21. The first kappa shape index (κ1) is 26.8. The van der Waals surface area contributed by atoms with E-state index in [9.17, 15) is 14.4 Å². The van der Waals surface area contributed by atoms with Gasteiger partial charge in [0, 0.05) is 43.1 Å². The van der Waals surface area contributed by atoms with Crippen LogP contribution in [0.2, 0.25) is 0 Å². The van der Waals surface area contributed by atoms with Crippen LogP contribution >= 0.6 is 0 Å². The summed E-state index contributed by atoms with van der Waals surface area (Å²) in [6.45, 7) is 10.9. The van der Waals surface area contributed by atoms with Crippen LogP contribution in [0, 0.1) is 28.6 Å². The summed E-state index contributed by atoms with van der Waals surface area (Å²) < 4.78 is 43.3. The fourth-order valence-electron chi connectivity index (χ4n) is 8.41. The van der Waals surface area contributed by atoms with Gasteiger partial charge < -0.3 is 33.2 Å². The van der Waals surface area contributed by atoms with Crippen molar-refractivity contribution < 1.29 is 47.5 Å². The number of carbonyl (C=O) groups is 3. The molecule has 6 fully saturated rings. The van der Waals surface area contributed by atoms with E-state index in [-0.39, 0.29) is 24.2 Å². The predicted octanol–water partition coefficient (Wildman–Crippen LogP) is 3.18. The molecule has 7 aliphatic rings. The standard InChI is InChI=1S/C29H38O10/c1-7-14(2)24(32)39-22-19-12-28(13-34-28)29(26(37-19)36-17(5)31)21(35-16(4)30)10-15(3)27(6,23(22)29)20-11-18-8-9-33-25(18)38-20/h7-9,15,18-23,25-26H,10-13H2,1-6H3/b14-7+/t15-,18-,19+,20+,21+,22-,23-,25+,26+,27-,28+,29-/m1/s1. The van der Waals surface area contributed by atoms with Crippen molar-refractivity contribution in [3.8, 4) is 0 Å². The summed E-state index contributed by atoms with van der Waals surface area (Å²) in [5, 5.41) is 0. The van der Waals surface area contributed by atoms with Gasteiger partial charge in [0.1, 0.15) is 29.3 Å². The predicted molar refractivity (Wildman–Crippen MR) is 133 cm³/mol. The minimum absolute atomic E-state index is 0.0255. The van der Waals surface area contributed by atoms with E-state index >= 15 is 0 Å². The van der Waals surface area contributed by atoms with Crippen molar-refractivity contribution in [3.63, 3.8) is 0 Å². The molecule has 5 heterocycles. The zero-order chi connectivity index (χ0) is 27.9. The number of carbonyl (C=O) groups excluding carboxylic acids is 3. The molecule has 39 heavy (non-hydrogen) atoms. The average Bonchev–Trinajstić information content (AvgIpc) is 3.28. The fraction of sp³-hybridized carbons (Fsp3) is 0.759. The van der Waals surface area contributed by atoms with Crippen molar-refractivity contribution in [1.82, 2.24) is 0 Å². The molecule has 10 heteroatoms. The molecule has 5 aliphatic heterocycles. The number of ether oxygens (including phenoxy) is 7. The van der Waals surface area contributed by atoms with E-state index in [1.54, 1.807) is 26.2 Å². The lowest BCUT2D eigenvalue weighted by Gasteiger charge is -2.70. The molecule has 0 amide bonds. The Hall–Kier alpha value is -2.43. The van der Waals surface area contributed by atoms with Gasteiger partial charge in [-0.2, -0.15) is 0 Å². The van der Waals surface area contributed by atoms with Crippen LogP contribution in [0.5, 0.6) is 0 Å². The molecule has 0 N–H and O–H groups in total. The molecular formula is C29H38O10. The Bertz CT molecular complexity index is 1130. The minimum atomic E-state index is -1.12. The Labute approximate surface area is 228 Å². The van der Waals surface area contributed by atoms with E-state index in [4.69, 9.17) is 33.2 Å². The van der Waals surface area contributed by atoms with Crippen molar-refractivity contribution in [2.75, 3.05) is 6.61 Å². The molecule has 0 aromatic carbocycles. The number of hydrogen-bond acceptors (Lipinski definition) is 10. The van der Waals surface area contributed by atoms with Crippen LogP contribution in [-0.4, -0.2) is 67.1 Å². The second kappa shape index (κ2) is 9.04. The molecule has 2 aliphatic carbocycles. The number of allylic oxidation sites excluding steroid dienone is 1. The third kappa shape index (κ3) is 3.67. The van der Waals surface area contributed by atoms with Crippen LogP contribution < -0.4 is 0 Å². The molecule has 7 rings (SSSR count). The Balaban J connectivity index is 1.54. The van der Waals surface area contributed by atoms with Gasteiger partial charge >= 0.3 is 17.9 Å². The lowest BCUT2D eigenvalue weighted by Crippen LogP contribution is -2.81. The lowest BCUT2D eigenvalue weighted by atomic mass is 9.39. The number of hydrogen-bond donors (Lipinski definition) is 0. The fourth-order valence-corrected chi connectivity index (χ4v) is 8.41. The van der Waals surface area contributed by atoms with Crippen LogP contribution in [-0.2, 0) is 47.5 Å². The zero-order valence-electron chi connectivity index (χ0n) is 23.3. The maximum Gasteiger partial charge on any atom is 0.333 e. The normalized spacial score (nSPS) is 49.2. The summed E-state index contributed by atoms with van der Waals surface area (Å²) in [4.78, 5) is 38.2. The maximum atomic E-state index is 13.3. The zero-order valence-corrected chi connectivity index (χ0v) is 23.3. The topological polar surface area (TPSA) is 119 Å². The second-order valence-electron chi connectivity index (χ2n) is 12.3. The molecule has 2 saturated carbocycles. The van der Waals surface area contributed by atoms with Gasteiger partial charge in [0.05, 0.1) is 19.0 Å². The number of epoxide rings is 1. The SMILES string of the molecule is C/C=C(\C)C(=O)O[C@@H]1[C@@H]2C[C@]3(CO3)[C@]3([C@@H](OC(C)=O)O2)[C@@H](OC(C)=O)C[C@@H](C)[C@](C)([C@@H]2C[C@H]4C=CO[C@H]4O2)[C@@H]13. The van der Waals surface area contributed by atoms with Crippen LogP contribution in [0.25, 0.3) is 0 Å². The summed E-state index contributed by atoms with van der Waals surface area (Å²) in [7, 11) is 0. The molecule has 10 nitrogen and oxygen atoms in total. The largest absolute Gasteiger partial charge is 0.472 e. The first-order chi connectivity index (χ1) is 18.5. The van der Waals surface area contributed by atoms with Gasteiger partial charge in [0.2, 0.25) is 12.6 Å². The van der Waals surface area contributed by atoms with Crippen LogP contribution in [0.15, 0.2) is 24.0 Å². The summed E-state index contributed by atoms with van der Waals surface area (Å²) >= 11 is 0. The molecule has 4 saturated heterocycles. The van der Waals surface area contributed by atoms with E-state index in [0.29, 0.717) is 25.0 Å². The second-order valence-corrected chi connectivity index (χ2v) is 12.3. The molecule has 214 valence electrons. The smallest absolute Gasteiger partial charge is 0.333 e. The minimum Gasteiger partial charge on any atom is -0.472 e. The molecule has 2 bridgehead atoms. The molecule has 0 aromatic rings. The molecular weight excluding hydrogens is 508 g/mol. The van der Waals surface area contributed by atoms with Crippen molar-refractivity contribution in [1.29, 1.82) is 0 Å². The maximum absolute atomic E-state index is 13.3. The Morgan fingerprint density at radius 3 is 2.36 bits per heavy atom. The van der Waals surface area contributed by atoms with Crippen molar-refractivity contribution >= 4 is 17.9 Å². The van der Waals surface area contributed by atoms with E-state index in [1.165, 1.54) is 13.8 Å². The van der Waals surface area contributed by atoms with Crippen molar-refractivity contribution in [2.45, 2.75) is 103 Å². The van der Waals surface area contributed by atoms with E-state index in [2.05, 4.69) is 13.8 Å². The van der Waals surface area contributed by atoms with Crippen LogP contribution in [0.1, 0.15) is 60.8 Å². The van der Waals surface area contributed by atoms with Crippen LogP contribution in [0.3, 0.4) is 0 Å². The molecule has 0 aromatic heterocycles. The average molecular weight is 547 g/mol. The van der Waals surface area contributed by atoms with Crippen molar-refractivity contribution in [2.24, 2.45) is 28.6 Å². The monoisotopic (exact) mass is 546 g/mol. The molecule has 0 radical (unpaired) electrons. The summed E-state index contributed by atoms with van der Waals surface area (Å²) in [6.07, 6.45) is 3.37. The Morgan fingerprint density at radius 2 is 1.74 bits per heavy atom. The highest BCUT2D eigenvalue weighted by Crippen LogP contribution is 2.74. The van der Waals surface area contributed by atoms with Gasteiger partial charge in [0.15, 0.2) is 0 Å². The van der Waals surface area contributed by atoms with E-state index in [1.807, 2.05) is 6.08 Å². The summed E-state index contributed by atoms with van der Waals surface area (Å²) in [5.74, 6) is -1.79. The molecule has 12 atom stereocenters. The number of esters is 3.